The first-order valence-electron chi connectivity index (χ1n) is 6.36. The Balaban J connectivity index is 2.22. The number of ether oxygens (including phenoxy) is 1. The fraction of sp³-hybridized carbons (Fsp3) is 0.333. The van der Waals surface area contributed by atoms with Gasteiger partial charge >= 0.3 is 0 Å². The highest BCUT2D eigenvalue weighted by Crippen LogP contribution is 2.27. The van der Waals surface area contributed by atoms with Crippen LogP contribution in [0.25, 0.3) is 0 Å². The van der Waals surface area contributed by atoms with E-state index in [1.165, 1.54) is 0 Å². The Bertz CT molecular complexity index is 494. The third-order valence-corrected chi connectivity index (χ3v) is 2.91. The molecule has 0 radical (unpaired) electrons. The van der Waals surface area contributed by atoms with E-state index in [-0.39, 0.29) is 18.8 Å². The first-order valence-corrected chi connectivity index (χ1v) is 6.36. The molecule has 0 saturated heterocycles. The summed E-state index contributed by atoms with van der Waals surface area (Å²) in [5.74, 6) is 1.43. The molecule has 0 fully saturated rings. The summed E-state index contributed by atoms with van der Waals surface area (Å²) in [7, 11) is 0. The van der Waals surface area contributed by atoms with Gasteiger partial charge < -0.3 is 20.0 Å². The van der Waals surface area contributed by atoms with Gasteiger partial charge in [0.1, 0.15) is 11.5 Å². The fourth-order valence-electron chi connectivity index (χ4n) is 1.96. The lowest BCUT2D eigenvalue weighted by Gasteiger charge is -2.22. The van der Waals surface area contributed by atoms with Gasteiger partial charge in [0, 0.05) is 12.6 Å². The minimum absolute atomic E-state index is 0.0873. The lowest BCUT2D eigenvalue weighted by molar-refractivity contribution is 0.151. The van der Waals surface area contributed by atoms with E-state index in [2.05, 4.69) is 0 Å². The summed E-state index contributed by atoms with van der Waals surface area (Å²) in [6.45, 7) is 1.96. The van der Waals surface area contributed by atoms with Crippen LogP contribution in [0, 0.1) is 0 Å². The molecular formula is C15H19NO3. The molecule has 2 rings (SSSR count). The van der Waals surface area contributed by atoms with Gasteiger partial charge in [-0.2, -0.15) is 0 Å². The number of hydrogen-bond acceptors (Lipinski definition) is 4. The summed E-state index contributed by atoms with van der Waals surface area (Å²) in [6.07, 6.45) is 1.82. The topological polar surface area (TPSA) is 68.6 Å². The number of rotatable bonds is 6. The Morgan fingerprint density at radius 1 is 1.26 bits per heavy atom. The lowest BCUT2D eigenvalue weighted by atomic mass is 10.1. The van der Waals surface area contributed by atoms with Crippen molar-refractivity contribution in [3.05, 3.63) is 54.0 Å². The zero-order valence-electron chi connectivity index (χ0n) is 11.0. The molecule has 3 N–H and O–H groups in total. The van der Waals surface area contributed by atoms with Crippen LogP contribution in [0.2, 0.25) is 0 Å². The number of benzene rings is 1. The molecular weight excluding hydrogens is 242 g/mol. The Morgan fingerprint density at radius 3 is 2.68 bits per heavy atom. The van der Waals surface area contributed by atoms with E-state index in [4.69, 9.17) is 20.0 Å². The summed E-state index contributed by atoms with van der Waals surface area (Å²) >= 11 is 0. The van der Waals surface area contributed by atoms with Crippen LogP contribution in [-0.4, -0.2) is 17.8 Å². The van der Waals surface area contributed by atoms with Crippen molar-refractivity contribution in [1.82, 2.24) is 0 Å². The van der Waals surface area contributed by atoms with Gasteiger partial charge in [0.25, 0.3) is 0 Å². The molecule has 2 unspecified atom stereocenters. The number of hydrogen-bond donors (Lipinski definition) is 2. The summed E-state index contributed by atoms with van der Waals surface area (Å²) in [5.41, 5.74) is 6.93. The SMILES string of the molecule is CC(N)C(Oc1ccccc1CCO)c1ccco1. The van der Waals surface area contributed by atoms with Crippen molar-refractivity contribution in [2.24, 2.45) is 5.73 Å². The number of aliphatic hydroxyl groups excluding tert-OH is 1. The highest BCUT2D eigenvalue weighted by molar-refractivity contribution is 5.34. The van der Waals surface area contributed by atoms with Crippen LogP contribution in [0.3, 0.4) is 0 Å². The van der Waals surface area contributed by atoms with Crippen molar-refractivity contribution in [3.8, 4) is 5.75 Å². The van der Waals surface area contributed by atoms with Crippen LogP contribution in [0.4, 0.5) is 0 Å². The van der Waals surface area contributed by atoms with Crippen molar-refractivity contribution in [2.45, 2.75) is 25.5 Å². The predicted octanol–water partition coefficient (Wildman–Crippen LogP) is 2.28. The third-order valence-electron chi connectivity index (χ3n) is 2.91. The Hall–Kier alpha value is -1.78. The second-order valence-corrected chi connectivity index (χ2v) is 4.49. The molecule has 4 heteroatoms. The molecule has 102 valence electrons. The molecule has 2 atom stereocenters. The average molecular weight is 261 g/mol. The second-order valence-electron chi connectivity index (χ2n) is 4.49. The van der Waals surface area contributed by atoms with Gasteiger partial charge in [-0.1, -0.05) is 18.2 Å². The van der Waals surface area contributed by atoms with Crippen LogP contribution in [0.15, 0.2) is 47.1 Å². The smallest absolute Gasteiger partial charge is 0.171 e. The van der Waals surface area contributed by atoms with Crippen LogP contribution >= 0.6 is 0 Å². The van der Waals surface area contributed by atoms with E-state index in [1.54, 1.807) is 6.26 Å². The van der Waals surface area contributed by atoms with Crippen LogP contribution in [0.1, 0.15) is 24.4 Å². The largest absolute Gasteiger partial charge is 0.481 e. The van der Waals surface area contributed by atoms with Crippen LogP contribution in [-0.2, 0) is 6.42 Å². The molecule has 0 bridgehead atoms. The highest BCUT2D eigenvalue weighted by atomic mass is 16.5. The molecule has 0 amide bonds. The maximum absolute atomic E-state index is 9.07. The molecule has 0 spiro atoms. The van der Waals surface area contributed by atoms with Gasteiger partial charge in [-0.3, -0.25) is 0 Å². The minimum atomic E-state index is -0.338. The first kappa shape index (κ1) is 13.6. The van der Waals surface area contributed by atoms with E-state index < -0.39 is 0 Å². The van der Waals surface area contributed by atoms with Crippen LogP contribution < -0.4 is 10.5 Å². The van der Waals surface area contributed by atoms with Crippen LogP contribution in [0.5, 0.6) is 5.75 Å². The van der Waals surface area contributed by atoms with E-state index in [9.17, 15) is 0 Å². The molecule has 0 saturated carbocycles. The predicted molar refractivity (Wildman–Crippen MR) is 73.0 cm³/mol. The second kappa shape index (κ2) is 6.41. The van der Waals surface area contributed by atoms with E-state index in [1.807, 2.05) is 43.3 Å². The third kappa shape index (κ3) is 3.36. The molecule has 2 aromatic rings. The van der Waals surface area contributed by atoms with E-state index in [0.717, 1.165) is 11.3 Å². The normalized spacial score (nSPS) is 14.1. The zero-order chi connectivity index (χ0) is 13.7. The Kier molecular flexibility index (Phi) is 4.60. The molecule has 0 aliphatic rings. The number of nitrogens with two attached hydrogens (primary N) is 1. The molecule has 19 heavy (non-hydrogen) atoms. The Morgan fingerprint density at radius 2 is 2.05 bits per heavy atom. The molecule has 1 aromatic heterocycles. The standard InChI is InChI=1S/C15H19NO3/c1-11(16)15(14-7-4-10-18-14)19-13-6-3-2-5-12(13)8-9-17/h2-7,10-11,15,17H,8-9,16H2,1H3. The summed E-state index contributed by atoms with van der Waals surface area (Å²) in [6, 6.07) is 11.1. The van der Waals surface area contributed by atoms with E-state index >= 15 is 0 Å². The molecule has 0 aliphatic heterocycles. The number of furan rings is 1. The van der Waals surface area contributed by atoms with Crippen molar-refractivity contribution >= 4 is 0 Å². The number of aliphatic hydroxyl groups is 1. The van der Waals surface area contributed by atoms with Gasteiger partial charge in [0.05, 0.1) is 6.26 Å². The molecule has 1 heterocycles. The summed E-state index contributed by atoms with van der Waals surface area (Å²) < 4.78 is 11.3. The minimum Gasteiger partial charge on any atom is -0.481 e. The first-order chi connectivity index (χ1) is 9.22. The molecule has 0 aliphatic carbocycles. The van der Waals surface area contributed by atoms with Crippen molar-refractivity contribution < 1.29 is 14.3 Å². The van der Waals surface area contributed by atoms with Gasteiger partial charge in [-0.25, -0.2) is 0 Å². The lowest BCUT2D eigenvalue weighted by Crippen LogP contribution is -2.29. The van der Waals surface area contributed by atoms with E-state index in [0.29, 0.717) is 12.2 Å². The molecule has 4 nitrogen and oxygen atoms in total. The Labute approximate surface area is 112 Å². The van der Waals surface area contributed by atoms with Gasteiger partial charge in [-0.15, -0.1) is 0 Å². The number of para-hydroxylation sites is 1. The van der Waals surface area contributed by atoms with Crippen molar-refractivity contribution in [2.75, 3.05) is 6.61 Å². The zero-order valence-corrected chi connectivity index (χ0v) is 11.0. The fourth-order valence-corrected chi connectivity index (χ4v) is 1.96. The quantitative estimate of drug-likeness (QED) is 0.837. The molecule has 1 aromatic carbocycles. The van der Waals surface area contributed by atoms with Crippen molar-refractivity contribution in [3.63, 3.8) is 0 Å². The van der Waals surface area contributed by atoms with Crippen molar-refractivity contribution in [1.29, 1.82) is 0 Å². The summed E-state index contributed by atoms with van der Waals surface area (Å²) in [5, 5.41) is 9.07. The average Bonchev–Trinajstić information content (AvgIpc) is 2.91. The highest BCUT2D eigenvalue weighted by Gasteiger charge is 2.21. The van der Waals surface area contributed by atoms with Gasteiger partial charge in [-0.05, 0) is 37.1 Å². The monoisotopic (exact) mass is 261 g/mol. The van der Waals surface area contributed by atoms with Gasteiger partial charge in [0.2, 0.25) is 0 Å². The maximum atomic E-state index is 9.07. The summed E-state index contributed by atoms with van der Waals surface area (Å²) in [4.78, 5) is 0. The van der Waals surface area contributed by atoms with Gasteiger partial charge in [0.15, 0.2) is 6.10 Å². The maximum Gasteiger partial charge on any atom is 0.171 e.